The lowest BCUT2D eigenvalue weighted by Gasteiger charge is -2.11. The van der Waals surface area contributed by atoms with Crippen LogP contribution in [0.3, 0.4) is 0 Å². The molecule has 1 N–H and O–H groups in total. The van der Waals surface area contributed by atoms with E-state index in [1.165, 1.54) is 0 Å². The Bertz CT molecular complexity index is 458. The second kappa shape index (κ2) is 6.19. The third-order valence-electron chi connectivity index (χ3n) is 2.73. The minimum atomic E-state index is -0.599. The summed E-state index contributed by atoms with van der Waals surface area (Å²) in [7, 11) is 1.87. The van der Waals surface area contributed by atoms with Crippen molar-refractivity contribution < 1.29 is 19.1 Å². The zero-order chi connectivity index (χ0) is 13.7. The molecule has 1 aromatic carbocycles. The lowest BCUT2D eigenvalue weighted by molar-refractivity contribution is -0.129. The van der Waals surface area contributed by atoms with Crippen molar-refractivity contribution in [2.75, 3.05) is 26.8 Å². The summed E-state index contributed by atoms with van der Waals surface area (Å²) >= 11 is 0. The van der Waals surface area contributed by atoms with Gasteiger partial charge in [0.25, 0.3) is 5.91 Å². The van der Waals surface area contributed by atoms with Crippen molar-refractivity contribution in [1.82, 2.24) is 10.2 Å². The van der Waals surface area contributed by atoms with Gasteiger partial charge in [0.15, 0.2) is 6.61 Å². The standard InChI is InChI=1S/C13H16N2O4/c1-14-8-10-2-4-11(5-3-10)19-9-12(16)15-6-7-18-13(15)17/h2-5,14H,6-9H2,1H3. The quantitative estimate of drug-likeness (QED) is 0.850. The number of rotatable bonds is 5. The fourth-order valence-electron chi connectivity index (χ4n) is 1.75. The van der Waals surface area contributed by atoms with E-state index in [9.17, 15) is 9.59 Å². The van der Waals surface area contributed by atoms with Crippen molar-refractivity contribution >= 4 is 12.0 Å². The minimum Gasteiger partial charge on any atom is -0.484 e. The van der Waals surface area contributed by atoms with Gasteiger partial charge in [0.05, 0.1) is 6.54 Å². The van der Waals surface area contributed by atoms with Gasteiger partial charge >= 0.3 is 6.09 Å². The highest BCUT2D eigenvalue weighted by molar-refractivity contribution is 5.93. The van der Waals surface area contributed by atoms with E-state index in [-0.39, 0.29) is 19.1 Å². The van der Waals surface area contributed by atoms with Gasteiger partial charge in [-0.3, -0.25) is 4.79 Å². The van der Waals surface area contributed by atoms with Gasteiger partial charge in [-0.15, -0.1) is 0 Å². The number of carbonyl (C=O) groups is 2. The molecule has 0 aromatic heterocycles. The van der Waals surface area contributed by atoms with Crippen LogP contribution in [-0.2, 0) is 16.1 Å². The predicted molar refractivity (Wildman–Crippen MR) is 67.8 cm³/mol. The minimum absolute atomic E-state index is 0.166. The Morgan fingerprint density at radius 3 is 2.74 bits per heavy atom. The summed E-state index contributed by atoms with van der Waals surface area (Å²) < 4.78 is 10.0. The molecule has 0 aliphatic carbocycles. The zero-order valence-corrected chi connectivity index (χ0v) is 10.7. The number of nitrogens with zero attached hydrogens (tertiary/aromatic N) is 1. The van der Waals surface area contributed by atoms with Gasteiger partial charge in [0.2, 0.25) is 0 Å². The summed E-state index contributed by atoms with van der Waals surface area (Å²) in [5.74, 6) is 0.211. The van der Waals surface area contributed by atoms with Crippen LogP contribution in [0, 0.1) is 0 Å². The SMILES string of the molecule is CNCc1ccc(OCC(=O)N2CCOC2=O)cc1. The molecule has 1 saturated heterocycles. The molecular formula is C13H16N2O4. The normalized spacial score (nSPS) is 14.4. The topological polar surface area (TPSA) is 67.9 Å². The lowest BCUT2D eigenvalue weighted by atomic mass is 10.2. The van der Waals surface area contributed by atoms with Crippen molar-refractivity contribution in [3.63, 3.8) is 0 Å². The van der Waals surface area contributed by atoms with E-state index in [1.807, 2.05) is 19.2 Å². The third kappa shape index (κ3) is 3.45. The Balaban J connectivity index is 1.84. The third-order valence-corrected chi connectivity index (χ3v) is 2.73. The molecule has 2 rings (SSSR count). The summed E-state index contributed by atoms with van der Waals surface area (Å²) in [6.45, 7) is 1.16. The number of cyclic esters (lactones) is 1. The van der Waals surface area contributed by atoms with Crippen molar-refractivity contribution in [3.8, 4) is 5.75 Å². The predicted octanol–water partition coefficient (Wildman–Crippen LogP) is 0.764. The van der Waals surface area contributed by atoms with Gasteiger partial charge in [-0.1, -0.05) is 12.1 Å². The summed E-state index contributed by atoms with van der Waals surface area (Å²) in [5.41, 5.74) is 1.13. The molecule has 0 spiro atoms. The van der Waals surface area contributed by atoms with Gasteiger partial charge in [-0.05, 0) is 24.7 Å². The Kier molecular flexibility index (Phi) is 4.35. The van der Waals surface area contributed by atoms with Crippen molar-refractivity contribution in [2.24, 2.45) is 0 Å². The fraction of sp³-hybridized carbons (Fsp3) is 0.385. The van der Waals surface area contributed by atoms with Gasteiger partial charge in [-0.2, -0.15) is 0 Å². The molecule has 0 saturated carbocycles. The molecule has 0 atom stereocenters. The Labute approximate surface area is 111 Å². The number of ether oxygens (including phenoxy) is 2. The first kappa shape index (κ1) is 13.4. The molecule has 102 valence electrons. The van der Waals surface area contributed by atoms with Crippen LogP contribution in [0.15, 0.2) is 24.3 Å². The monoisotopic (exact) mass is 264 g/mol. The van der Waals surface area contributed by atoms with Gasteiger partial charge < -0.3 is 14.8 Å². The van der Waals surface area contributed by atoms with E-state index in [4.69, 9.17) is 4.74 Å². The Morgan fingerprint density at radius 2 is 2.16 bits per heavy atom. The second-order valence-corrected chi connectivity index (χ2v) is 4.12. The smallest absolute Gasteiger partial charge is 0.416 e. The molecule has 1 aromatic rings. The maximum absolute atomic E-state index is 11.7. The van der Waals surface area contributed by atoms with E-state index < -0.39 is 6.09 Å². The van der Waals surface area contributed by atoms with E-state index in [0.29, 0.717) is 12.3 Å². The molecule has 1 fully saturated rings. The van der Waals surface area contributed by atoms with E-state index in [2.05, 4.69) is 10.1 Å². The van der Waals surface area contributed by atoms with E-state index >= 15 is 0 Å². The highest BCUT2D eigenvalue weighted by Gasteiger charge is 2.28. The first-order chi connectivity index (χ1) is 9.20. The molecule has 1 aliphatic rings. The fourth-order valence-corrected chi connectivity index (χ4v) is 1.75. The number of imide groups is 1. The van der Waals surface area contributed by atoms with Gasteiger partial charge in [0, 0.05) is 6.54 Å². The van der Waals surface area contributed by atoms with Crippen LogP contribution in [0.4, 0.5) is 4.79 Å². The maximum atomic E-state index is 11.7. The highest BCUT2D eigenvalue weighted by atomic mass is 16.6. The first-order valence-corrected chi connectivity index (χ1v) is 6.04. The zero-order valence-electron chi connectivity index (χ0n) is 10.7. The van der Waals surface area contributed by atoms with E-state index in [1.54, 1.807) is 12.1 Å². The molecular weight excluding hydrogens is 248 g/mol. The van der Waals surface area contributed by atoms with Gasteiger partial charge in [0.1, 0.15) is 12.4 Å². The van der Waals surface area contributed by atoms with Crippen molar-refractivity contribution in [2.45, 2.75) is 6.54 Å². The Hall–Kier alpha value is -2.08. The average Bonchev–Trinajstić information content (AvgIpc) is 2.84. The van der Waals surface area contributed by atoms with Gasteiger partial charge in [-0.25, -0.2) is 9.69 Å². The summed E-state index contributed by atoms with van der Waals surface area (Å²) in [5, 5.41) is 3.04. The molecule has 2 amide bonds. The largest absolute Gasteiger partial charge is 0.484 e. The summed E-state index contributed by atoms with van der Waals surface area (Å²) in [6, 6.07) is 7.42. The lowest BCUT2D eigenvalue weighted by Crippen LogP contribution is -2.35. The molecule has 1 aliphatic heterocycles. The van der Waals surface area contributed by atoms with Crippen LogP contribution < -0.4 is 10.1 Å². The number of hydrogen-bond acceptors (Lipinski definition) is 5. The molecule has 19 heavy (non-hydrogen) atoms. The van der Waals surface area contributed by atoms with E-state index in [0.717, 1.165) is 17.0 Å². The Morgan fingerprint density at radius 1 is 1.42 bits per heavy atom. The molecule has 6 nitrogen and oxygen atoms in total. The van der Waals surface area contributed by atoms with Crippen LogP contribution in [0.1, 0.15) is 5.56 Å². The number of nitrogens with one attached hydrogen (secondary N) is 1. The van der Waals surface area contributed by atoms with Crippen LogP contribution >= 0.6 is 0 Å². The number of carbonyl (C=O) groups excluding carboxylic acids is 2. The molecule has 6 heteroatoms. The average molecular weight is 264 g/mol. The van der Waals surface area contributed by atoms with Crippen LogP contribution in [-0.4, -0.2) is 43.7 Å². The molecule has 0 radical (unpaired) electrons. The van der Waals surface area contributed by atoms with Crippen LogP contribution in [0.2, 0.25) is 0 Å². The summed E-state index contributed by atoms with van der Waals surface area (Å²) in [6.07, 6.45) is -0.599. The number of hydrogen-bond donors (Lipinski definition) is 1. The molecule has 0 bridgehead atoms. The molecule has 0 unspecified atom stereocenters. The second-order valence-electron chi connectivity index (χ2n) is 4.12. The maximum Gasteiger partial charge on any atom is 0.416 e. The van der Waals surface area contributed by atoms with Crippen molar-refractivity contribution in [3.05, 3.63) is 29.8 Å². The summed E-state index contributed by atoms with van der Waals surface area (Å²) in [4.78, 5) is 23.9. The number of amides is 2. The number of benzene rings is 1. The highest BCUT2D eigenvalue weighted by Crippen LogP contribution is 2.12. The van der Waals surface area contributed by atoms with Crippen molar-refractivity contribution in [1.29, 1.82) is 0 Å². The van der Waals surface area contributed by atoms with Crippen LogP contribution in [0.5, 0.6) is 5.75 Å². The molecule has 1 heterocycles. The van der Waals surface area contributed by atoms with Crippen LogP contribution in [0.25, 0.3) is 0 Å². The first-order valence-electron chi connectivity index (χ1n) is 6.04.